The molecular weight excluding hydrogens is 464 g/mol. The molecule has 172 valence electrons. The van der Waals surface area contributed by atoms with Crippen LogP contribution < -0.4 is 4.90 Å². The Bertz CT molecular complexity index is 1380. The molecule has 2 amide bonds. The van der Waals surface area contributed by atoms with E-state index in [4.69, 9.17) is 5.26 Å². The van der Waals surface area contributed by atoms with E-state index in [1.807, 2.05) is 6.07 Å². The van der Waals surface area contributed by atoms with Crippen LogP contribution in [-0.4, -0.2) is 30.6 Å². The van der Waals surface area contributed by atoms with Gasteiger partial charge in [0.05, 0.1) is 28.6 Å². The molecule has 3 aromatic carbocycles. The van der Waals surface area contributed by atoms with E-state index in [0.717, 1.165) is 45.6 Å². The molecule has 0 aromatic heterocycles. The number of hydrogen-bond donors (Lipinski definition) is 0. The van der Waals surface area contributed by atoms with Gasteiger partial charge < -0.3 is 0 Å². The number of carbonyl (C=O) groups excluding carboxylic acids is 2. The molecule has 7 nitrogen and oxygen atoms in total. The number of anilines is 1. The van der Waals surface area contributed by atoms with Gasteiger partial charge >= 0.3 is 0 Å². The monoisotopic (exact) mass is 481 g/mol. The highest BCUT2D eigenvalue weighted by Crippen LogP contribution is 2.31. The summed E-state index contributed by atoms with van der Waals surface area (Å²) in [7, 11) is -4.35. The highest BCUT2D eigenvalue weighted by molar-refractivity contribution is 7.89. The van der Waals surface area contributed by atoms with Crippen LogP contribution in [0.3, 0.4) is 0 Å². The van der Waals surface area contributed by atoms with Crippen LogP contribution in [0.2, 0.25) is 0 Å². The van der Waals surface area contributed by atoms with Gasteiger partial charge in [-0.15, -0.1) is 0 Å². The summed E-state index contributed by atoms with van der Waals surface area (Å²) in [6, 6.07) is 15.5. The van der Waals surface area contributed by atoms with Crippen molar-refractivity contribution in [3.8, 4) is 6.07 Å². The lowest BCUT2D eigenvalue weighted by molar-refractivity contribution is -0.122. The quantitative estimate of drug-likeness (QED) is 0.503. The second kappa shape index (κ2) is 9.13. The van der Waals surface area contributed by atoms with Crippen molar-refractivity contribution in [2.45, 2.75) is 23.9 Å². The zero-order valence-corrected chi connectivity index (χ0v) is 18.4. The third kappa shape index (κ3) is 4.44. The summed E-state index contributed by atoms with van der Waals surface area (Å²) in [5.41, 5.74) is 0.929. The number of carbonyl (C=O) groups is 2. The Hall–Kier alpha value is -3.94. The molecule has 1 aliphatic rings. The summed E-state index contributed by atoms with van der Waals surface area (Å²) in [6.07, 6.45) is -0.416. The van der Waals surface area contributed by atoms with Crippen molar-refractivity contribution in [3.05, 3.63) is 95.6 Å². The molecule has 1 saturated heterocycles. The van der Waals surface area contributed by atoms with Crippen LogP contribution in [0.4, 0.5) is 14.5 Å². The van der Waals surface area contributed by atoms with E-state index in [9.17, 15) is 26.8 Å². The zero-order chi connectivity index (χ0) is 24.5. The summed E-state index contributed by atoms with van der Waals surface area (Å²) in [5.74, 6) is -2.53. The Kier molecular flexibility index (Phi) is 6.24. The SMILES string of the molecule is N#Cc1ccc(N2C(=O)CC(N(Cc3ccc(F)cc3)S(=O)(=O)c3ccc(F)cc3)C2=O)cc1. The van der Waals surface area contributed by atoms with Crippen LogP contribution in [0.15, 0.2) is 77.7 Å². The number of halogens is 2. The molecule has 34 heavy (non-hydrogen) atoms. The summed E-state index contributed by atoms with van der Waals surface area (Å²) < 4.78 is 54.6. The maximum Gasteiger partial charge on any atom is 0.252 e. The van der Waals surface area contributed by atoms with Crippen molar-refractivity contribution in [2.24, 2.45) is 0 Å². The van der Waals surface area contributed by atoms with Crippen LogP contribution in [0.25, 0.3) is 0 Å². The summed E-state index contributed by atoms with van der Waals surface area (Å²) in [6.45, 7) is -0.315. The number of amides is 2. The standard InChI is InChI=1S/C24H17F2N3O4S/c25-18-5-1-17(2-6-18)15-28(34(32,33)21-11-7-19(26)8-12-21)22-13-23(30)29(24(22)31)20-9-3-16(14-27)4-10-20/h1-12,22H,13,15H2. The molecular formula is C24H17F2N3O4S. The number of imide groups is 1. The molecule has 4 rings (SSSR count). The summed E-state index contributed by atoms with van der Waals surface area (Å²) >= 11 is 0. The van der Waals surface area contributed by atoms with Crippen LogP contribution in [0, 0.1) is 23.0 Å². The molecule has 3 aromatic rings. The average molecular weight is 481 g/mol. The second-order valence-corrected chi connectivity index (χ2v) is 9.47. The van der Waals surface area contributed by atoms with Crippen molar-refractivity contribution in [3.63, 3.8) is 0 Å². The van der Waals surface area contributed by atoms with Gasteiger partial charge in [-0.05, 0) is 66.2 Å². The predicted molar refractivity (Wildman–Crippen MR) is 118 cm³/mol. The van der Waals surface area contributed by atoms with Crippen LogP contribution in [0.5, 0.6) is 0 Å². The Morgan fingerprint density at radius 3 is 2.03 bits per heavy atom. The molecule has 10 heteroatoms. The number of nitriles is 1. The maximum absolute atomic E-state index is 13.5. The van der Waals surface area contributed by atoms with Gasteiger partial charge in [0.1, 0.15) is 17.7 Å². The van der Waals surface area contributed by atoms with Gasteiger partial charge in [-0.3, -0.25) is 9.59 Å². The fourth-order valence-corrected chi connectivity index (χ4v) is 5.24. The van der Waals surface area contributed by atoms with E-state index in [0.29, 0.717) is 11.1 Å². The molecule has 0 saturated carbocycles. The normalized spacial score (nSPS) is 16.2. The second-order valence-electron chi connectivity index (χ2n) is 7.58. The Morgan fingerprint density at radius 1 is 0.912 bits per heavy atom. The molecule has 1 heterocycles. The molecule has 0 radical (unpaired) electrons. The van der Waals surface area contributed by atoms with Gasteiger partial charge in [-0.1, -0.05) is 12.1 Å². The first-order valence-corrected chi connectivity index (χ1v) is 11.5. The Morgan fingerprint density at radius 2 is 1.47 bits per heavy atom. The maximum atomic E-state index is 13.5. The van der Waals surface area contributed by atoms with Gasteiger partial charge in [0.2, 0.25) is 15.9 Å². The first-order chi connectivity index (χ1) is 16.2. The van der Waals surface area contributed by atoms with Gasteiger partial charge in [0.25, 0.3) is 5.91 Å². The van der Waals surface area contributed by atoms with Gasteiger partial charge in [0.15, 0.2) is 0 Å². The van der Waals surface area contributed by atoms with Crippen LogP contribution in [0.1, 0.15) is 17.5 Å². The minimum atomic E-state index is -4.35. The fourth-order valence-electron chi connectivity index (χ4n) is 3.67. The number of benzene rings is 3. The topological polar surface area (TPSA) is 98.5 Å². The first-order valence-electron chi connectivity index (χ1n) is 10.1. The Balaban J connectivity index is 1.74. The molecule has 1 aliphatic heterocycles. The average Bonchev–Trinajstić information content (AvgIpc) is 3.12. The zero-order valence-electron chi connectivity index (χ0n) is 17.6. The smallest absolute Gasteiger partial charge is 0.252 e. The van der Waals surface area contributed by atoms with E-state index in [1.165, 1.54) is 36.4 Å². The minimum Gasteiger partial charge on any atom is -0.274 e. The minimum absolute atomic E-state index is 0.206. The highest BCUT2D eigenvalue weighted by atomic mass is 32.2. The number of hydrogen-bond acceptors (Lipinski definition) is 5. The first kappa shape index (κ1) is 23.2. The van der Waals surface area contributed by atoms with Gasteiger partial charge in [-0.25, -0.2) is 22.1 Å². The molecule has 0 aliphatic carbocycles. The van der Waals surface area contributed by atoms with Gasteiger partial charge in [-0.2, -0.15) is 9.57 Å². The lowest BCUT2D eigenvalue weighted by Gasteiger charge is -2.27. The molecule has 1 unspecified atom stereocenters. The van der Waals surface area contributed by atoms with Crippen LogP contribution >= 0.6 is 0 Å². The predicted octanol–water partition coefficient (Wildman–Crippen LogP) is 3.36. The lowest BCUT2D eigenvalue weighted by Crippen LogP contribution is -2.45. The highest BCUT2D eigenvalue weighted by Gasteiger charge is 2.47. The van der Waals surface area contributed by atoms with E-state index in [-0.39, 0.29) is 17.1 Å². The van der Waals surface area contributed by atoms with Crippen molar-refractivity contribution in [1.82, 2.24) is 4.31 Å². The largest absolute Gasteiger partial charge is 0.274 e. The van der Waals surface area contributed by atoms with Crippen molar-refractivity contribution < 1.29 is 26.8 Å². The van der Waals surface area contributed by atoms with E-state index in [2.05, 4.69) is 0 Å². The van der Waals surface area contributed by atoms with E-state index < -0.39 is 45.9 Å². The van der Waals surface area contributed by atoms with Crippen molar-refractivity contribution >= 4 is 27.5 Å². The molecule has 0 spiro atoms. The van der Waals surface area contributed by atoms with Gasteiger partial charge in [0, 0.05) is 6.54 Å². The molecule has 1 atom stereocenters. The van der Waals surface area contributed by atoms with E-state index >= 15 is 0 Å². The lowest BCUT2D eigenvalue weighted by atomic mass is 10.2. The van der Waals surface area contributed by atoms with Crippen LogP contribution in [-0.2, 0) is 26.2 Å². The number of sulfonamides is 1. The molecule has 0 bridgehead atoms. The fraction of sp³-hybridized carbons (Fsp3) is 0.125. The number of nitrogens with zero attached hydrogens (tertiary/aromatic N) is 3. The Labute approximate surface area is 194 Å². The summed E-state index contributed by atoms with van der Waals surface area (Å²) in [5, 5.41) is 8.97. The van der Waals surface area contributed by atoms with Crippen molar-refractivity contribution in [2.75, 3.05) is 4.90 Å². The number of rotatable bonds is 6. The third-order valence-electron chi connectivity index (χ3n) is 5.40. The molecule has 0 N–H and O–H groups in total. The van der Waals surface area contributed by atoms with E-state index in [1.54, 1.807) is 0 Å². The van der Waals surface area contributed by atoms with Crippen molar-refractivity contribution in [1.29, 1.82) is 5.26 Å². The molecule has 1 fully saturated rings. The third-order valence-corrected chi connectivity index (χ3v) is 7.27. The summed E-state index contributed by atoms with van der Waals surface area (Å²) in [4.78, 5) is 26.7.